The van der Waals surface area contributed by atoms with Crippen molar-refractivity contribution in [2.45, 2.75) is 13.3 Å². The third-order valence-corrected chi connectivity index (χ3v) is 3.75. The summed E-state index contributed by atoms with van der Waals surface area (Å²) in [4.78, 5) is 11.6. The second-order valence-electron chi connectivity index (χ2n) is 3.49. The van der Waals surface area contributed by atoms with Gasteiger partial charge in [-0.1, -0.05) is 18.5 Å². The van der Waals surface area contributed by atoms with Crippen molar-refractivity contribution in [3.8, 4) is 0 Å². The van der Waals surface area contributed by atoms with Crippen LogP contribution in [0.15, 0.2) is 16.9 Å². The molecule has 3 rings (SSSR count). The predicted molar refractivity (Wildman–Crippen MR) is 65.6 cm³/mol. The molecule has 6 heteroatoms. The van der Waals surface area contributed by atoms with Gasteiger partial charge >= 0.3 is 0 Å². The standard InChI is InChI=1S/C10H8ClN3OS/c1-2-9-12-13-10(15)6-3-7-5(14(6)9)4-8(11)16-7/h3-4H,2H2,1H3,(H,13,15). The first kappa shape index (κ1) is 9.86. The quantitative estimate of drug-likeness (QED) is 0.724. The van der Waals surface area contributed by atoms with Gasteiger partial charge in [-0.05, 0) is 12.1 Å². The van der Waals surface area contributed by atoms with E-state index < -0.39 is 0 Å². The lowest BCUT2D eigenvalue weighted by molar-refractivity contribution is 0.820. The fourth-order valence-electron chi connectivity index (χ4n) is 1.87. The molecule has 0 aromatic carbocycles. The third-order valence-electron chi connectivity index (χ3n) is 2.55. The lowest BCUT2D eigenvalue weighted by atomic mass is 10.4. The Bertz CT molecular complexity index is 740. The molecule has 0 unspecified atom stereocenters. The van der Waals surface area contributed by atoms with Gasteiger partial charge < -0.3 is 0 Å². The summed E-state index contributed by atoms with van der Waals surface area (Å²) in [6.07, 6.45) is 0.754. The Morgan fingerprint density at radius 1 is 1.50 bits per heavy atom. The van der Waals surface area contributed by atoms with Crippen LogP contribution in [-0.2, 0) is 6.42 Å². The molecule has 0 aliphatic rings. The topological polar surface area (TPSA) is 50.2 Å². The van der Waals surface area contributed by atoms with Crippen LogP contribution < -0.4 is 5.56 Å². The van der Waals surface area contributed by atoms with Gasteiger partial charge in [0.05, 0.1) is 14.6 Å². The van der Waals surface area contributed by atoms with E-state index in [1.807, 2.05) is 23.5 Å². The number of halogens is 1. The van der Waals surface area contributed by atoms with Crippen molar-refractivity contribution in [1.29, 1.82) is 0 Å². The number of rotatable bonds is 1. The maximum Gasteiger partial charge on any atom is 0.288 e. The molecule has 0 saturated heterocycles. The van der Waals surface area contributed by atoms with Crippen LogP contribution in [-0.4, -0.2) is 14.6 Å². The number of aromatic amines is 1. The van der Waals surface area contributed by atoms with Crippen molar-refractivity contribution in [3.05, 3.63) is 32.6 Å². The predicted octanol–water partition coefficient (Wildman–Crippen LogP) is 2.45. The molecule has 1 N–H and O–H groups in total. The number of nitrogens with zero attached hydrogens (tertiary/aromatic N) is 2. The summed E-state index contributed by atoms with van der Waals surface area (Å²) in [7, 11) is 0. The number of aryl methyl sites for hydroxylation is 1. The molecule has 0 saturated carbocycles. The Kier molecular flexibility index (Phi) is 2.05. The van der Waals surface area contributed by atoms with Gasteiger partial charge in [0.25, 0.3) is 5.56 Å². The zero-order valence-electron chi connectivity index (χ0n) is 8.45. The Hall–Kier alpha value is -1.33. The number of thiophene rings is 1. The van der Waals surface area contributed by atoms with Crippen molar-refractivity contribution >= 4 is 38.7 Å². The van der Waals surface area contributed by atoms with E-state index in [-0.39, 0.29) is 5.56 Å². The maximum atomic E-state index is 11.6. The average molecular weight is 254 g/mol. The van der Waals surface area contributed by atoms with Crippen LogP contribution in [0.25, 0.3) is 15.7 Å². The van der Waals surface area contributed by atoms with Crippen molar-refractivity contribution in [3.63, 3.8) is 0 Å². The average Bonchev–Trinajstić information content (AvgIpc) is 2.76. The molecule has 82 valence electrons. The van der Waals surface area contributed by atoms with E-state index in [4.69, 9.17) is 11.6 Å². The minimum absolute atomic E-state index is 0.170. The zero-order valence-corrected chi connectivity index (χ0v) is 10.0. The summed E-state index contributed by atoms with van der Waals surface area (Å²) in [6, 6.07) is 3.72. The fourth-order valence-corrected chi connectivity index (χ4v) is 3.03. The van der Waals surface area contributed by atoms with E-state index in [9.17, 15) is 4.79 Å². The summed E-state index contributed by atoms with van der Waals surface area (Å²) in [5.41, 5.74) is 1.42. The van der Waals surface area contributed by atoms with E-state index in [1.165, 1.54) is 11.3 Å². The number of nitrogens with one attached hydrogen (secondary N) is 1. The molecule has 0 spiro atoms. The minimum atomic E-state index is -0.170. The lowest BCUT2D eigenvalue weighted by Gasteiger charge is -2.01. The normalized spacial score (nSPS) is 11.6. The molecular weight excluding hydrogens is 246 g/mol. The largest absolute Gasteiger partial charge is 0.290 e. The summed E-state index contributed by atoms with van der Waals surface area (Å²) in [6.45, 7) is 2.00. The maximum absolute atomic E-state index is 11.6. The van der Waals surface area contributed by atoms with Gasteiger partial charge in [-0.3, -0.25) is 9.20 Å². The van der Waals surface area contributed by atoms with Crippen molar-refractivity contribution in [2.24, 2.45) is 0 Å². The van der Waals surface area contributed by atoms with Crippen LogP contribution in [0.4, 0.5) is 0 Å². The molecule has 3 aromatic heterocycles. The van der Waals surface area contributed by atoms with E-state index in [0.717, 1.165) is 26.8 Å². The van der Waals surface area contributed by atoms with E-state index >= 15 is 0 Å². The van der Waals surface area contributed by atoms with Gasteiger partial charge in [-0.25, -0.2) is 5.10 Å². The summed E-state index contributed by atoms with van der Waals surface area (Å²) < 4.78 is 3.61. The highest BCUT2D eigenvalue weighted by molar-refractivity contribution is 7.22. The molecule has 0 fully saturated rings. The van der Waals surface area contributed by atoms with Gasteiger partial charge in [-0.15, -0.1) is 11.3 Å². The Labute approximate surface area is 99.5 Å². The number of aromatic nitrogens is 3. The highest BCUT2D eigenvalue weighted by Crippen LogP contribution is 2.31. The van der Waals surface area contributed by atoms with Crippen LogP contribution in [0.1, 0.15) is 12.7 Å². The molecule has 0 atom stereocenters. The second kappa shape index (κ2) is 3.33. The Morgan fingerprint density at radius 2 is 2.31 bits per heavy atom. The fraction of sp³-hybridized carbons (Fsp3) is 0.200. The molecular formula is C10H8ClN3OS. The molecule has 3 aromatic rings. The van der Waals surface area contributed by atoms with Crippen LogP contribution in [0.3, 0.4) is 0 Å². The molecule has 0 aliphatic carbocycles. The van der Waals surface area contributed by atoms with Crippen LogP contribution in [0.5, 0.6) is 0 Å². The Morgan fingerprint density at radius 3 is 3.06 bits per heavy atom. The van der Waals surface area contributed by atoms with Crippen molar-refractivity contribution in [1.82, 2.24) is 14.6 Å². The SMILES string of the molecule is CCc1n[nH]c(=O)c2cc3sc(Cl)cc3n12. The van der Waals surface area contributed by atoms with E-state index in [2.05, 4.69) is 10.2 Å². The van der Waals surface area contributed by atoms with E-state index in [1.54, 1.807) is 0 Å². The first-order valence-electron chi connectivity index (χ1n) is 4.88. The lowest BCUT2D eigenvalue weighted by Crippen LogP contribution is -2.14. The summed E-state index contributed by atoms with van der Waals surface area (Å²) in [5, 5.41) is 6.55. The molecule has 16 heavy (non-hydrogen) atoms. The van der Waals surface area contributed by atoms with Crippen molar-refractivity contribution in [2.75, 3.05) is 0 Å². The first-order valence-corrected chi connectivity index (χ1v) is 6.08. The van der Waals surface area contributed by atoms with Crippen LogP contribution in [0.2, 0.25) is 4.34 Å². The summed E-state index contributed by atoms with van der Waals surface area (Å²) in [5.74, 6) is 0.832. The third kappa shape index (κ3) is 1.22. The van der Waals surface area contributed by atoms with Gasteiger partial charge in [0.1, 0.15) is 11.3 Å². The number of H-pyrrole nitrogens is 1. The molecule has 0 bridgehead atoms. The smallest absolute Gasteiger partial charge is 0.288 e. The zero-order chi connectivity index (χ0) is 11.3. The minimum Gasteiger partial charge on any atom is -0.290 e. The summed E-state index contributed by atoms with van der Waals surface area (Å²) >= 11 is 7.43. The molecule has 0 amide bonds. The molecule has 4 nitrogen and oxygen atoms in total. The monoisotopic (exact) mass is 253 g/mol. The Balaban J connectivity index is 2.61. The second-order valence-corrected chi connectivity index (χ2v) is 5.20. The van der Waals surface area contributed by atoms with Gasteiger partial charge in [0.15, 0.2) is 0 Å². The molecule has 0 aliphatic heterocycles. The highest BCUT2D eigenvalue weighted by Gasteiger charge is 2.12. The highest BCUT2D eigenvalue weighted by atomic mass is 35.5. The molecule has 3 heterocycles. The number of hydrogen-bond acceptors (Lipinski definition) is 3. The van der Waals surface area contributed by atoms with E-state index in [0.29, 0.717) is 5.52 Å². The van der Waals surface area contributed by atoms with Gasteiger partial charge in [0, 0.05) is 6.42 Å². The van der Waals surface area contributed by atoms with Gasteiger partial charge in [0.2, 0.25) is 0 Å². The molecule has 0 radical (unpaired) electrons. The van der Waals surface area contributed by atoms with Gasteiger partial charge in [-0.2, -0.15) is 5.10 Å². The number of hydrogen-bond donors (Lipinski definition) is 1. The van der Waals surface area contributed by atoms with Crippen molar-refractivity contribution < 1.29 is 0 Å². The van der Waals surface area contributed by atoms with Crippen LogP contribution in [0, 0.1) is 0 Å². The first-order chi connectivity index (χ1) is 7.70. The van der Waals surface area contributed by atoms with Crippen LogP contribution >= 0.6 is 22.9 Å². The number of fused-ring (bicyclic) bond motifs is 3.